The van der Waals surface area contributed by atoms with Gasteiger partial charge in [0.1, 0.15) is 0 Å². The summed E-state index contributed by atoms with van der Waals surface area (Å²) in [5, 5.41) is 3.21. The summed E-state index contributed by atoms with van der Waals surface area (Å²) in [7, 11) is 1.57. The molecule has 0 radical (unpaired) electrons. The molecule has 1 amide bonds. The highest BCUT2D eigenvalue weighted by molar-refractivity contribution is 8.00. The van der Waals surface area contributed by atoms with Gasteiger partial charge in [0.15, 0.2) is 10.9 Å². The van der Waals surface area contributed by atoms with E-state index in [1.807, 2.05) is 52.8 Å². The summed E-state index contributed by atoms with van der Waals surface area (Å²) in [6, 6.07) is 10.5. The van der Waals surface area contributed by atoms with E-state index < -0.39 is 5.25 Å². The van der Waals surface area contributed by atoms with Crippen LogP contribution in [0.5, 0.6) is 0 Å². The smallest absolute Gasteiger partial charge is 0.262 e. The summed E-state index contributed by atoms with van der Waals surface area (Å²) in [5.74, 6) is -0.263. The number of methoxy groups -OCH3 is 1. The second-order valence-corrected chi connectivity index (χ2v) is 9.94. The molecule has 180 valence electrons. The maximum atomic E-state index is 13.3. The van der Waals surface area contributed by atoms with Gasteiger partial charge in [0.2, 0.25) is 0 Å². The number of hydrogen-bond donors (Lipinski definition) is 1. The number of ether oxygens (including phenoxy) is 1. The first-order chi connectivity index (χ1) is 16.1. The summed E-state index contributed by atoms with van der Waals surface area (Å²) in [5.41, 5.74) is 3.42. The van der Waals surface area contributed by atoms with Gasteiger partial charge in [0, 0.05) is 24.3 Å². The van der Waals surface area contributed by atoms with E-state index in [1.54, 1.807) is 25.3 Å². The van der Waals surface area contributed by atoms with E-state index in [-0.39, 0.29) is 23.3 Å². The van der Waals surface area contributed by atoms with E-state index >= 15 is 0 Å². The number of carbonyl (C=O) groups excluding carboxylic acids is 2. The lowest BCUT2D eigenvalue weighted by molar-refractivity contribution is 0.0942. The molecule has 0 saturated heterocycles. The summed E-state index contributed by atoms with van der Waals surface area (Å²) in [6.45, 7) is 10.2. The second kappa shape index (κ2) is 11.0. The van der Waals surface area contributed by atoms with Crippen molar-refractivity contribution in [2.75, 3.05) is 13.7 Å². The van der Waals surface area contributed by atoms with E-state index in [4.69, 9.17) is 9.72 Å². The molecule has 0 unspecified atom stereocenters. The minimum atomic E-state index is -0.465. The molecule has 1 N–H and O–H groups in total. The van der Waals surface area contributed by atoms with Gasteiger partial charge in [-0.25, -0.2) is 4.98 Å². The molecule has 7 nitrogen and oxygen atoms in total. The Morgan fingerprint density at radius 2 is 1.76 bits per heavy atom. The van der Waals surface area contributed by atoms with Crippen LogP contribution < -0.4 is 10.9 Å². The number of aromatic nitrogens is 2. The number of benzene rings is 2. The first-order valence-electron chi connectivity index (χ1n) is 11.2. The monoisotopic (exact) mass is 481 g/mol. The molecule has 1 atom stereocenters. The molecule has 0 spiro atoms. The standard InChI is InChI=1S/C26H31N3O4S/c1-15(2)27-24(31)20-9-10-21-22(14-20)28-26(29(25(21)32)11-12-33-6)34-18(5)23(30)19-8-7-16(3)17(4)13-19/h7-10,13-15,18H,11-12H2,1-6H3,(H,27,31)/t18-/m1/s1. The van der Waals surface area contributed by atoms with Crippen molar-refractivity contribution in [2.45, 2.75) is 57.6 Å². The summed E-state index contributed by atoms with van der Waals surface area (Å²) in [4.78, 5) is 43.6. The molecular weight excluding hydrogens is 450 g/mol. The minimum Gasteiger partial charge on any atom is -0.383 e. The number of amides is 1. The van der Waals surface area contributed by atoms with Crippen LogP contribution in [0.25, 0.3) is 10.9 Å². The van der Waals surface area contributed by atoms with Gasteiger partial charge < -0.3 is 10.1 Å². The third-order valence-electron chi connectivity index (χ3n) is 5.56. The first kappa shape index (κ1) is 25.6. The Morgan fingerprint density at radius 3 is 2.41 bits per heavy atom. The zero-order valence-corrected chi connectivity index (χ0v) is 21.3. The molecule has 1 aromatic heterocycles. The van der Waals surface area contributed by atoms with Crippen molar-refractivity contribution >= 4 is 34.4 Å². The lowest BCUT2D eigenvalue weighted by atomic mass is 10.0. The normalized spacial score (nSPS) is 12.2. The topological polar surface area (TPSA) is 90.3 Å². The SMILES string of the molecule is COCCn1c(S[C@H](C)C(=O)c2ccc(C)c(C)c2)nc2cc(C(=O)NC(C)C)ccc2c1=O. The summed E-state index contributed by atoms with van der Waals surface area (Å²) < 4.78 is 6.72. The fourth-order valence-corrected chi connectivity index (χ4v) is 4.51. The van der Waals surface area contributed by atoms with Crippen LogP contribution in [0.4, 0.5) is 0 Å². The van der Waals surface area contributed by atoms with Gasteiger partial charge >= 0.3 is 0 Å². The lowest BCUT2D eigenvalue weighted by Crippen LogP contribution is -2.30. The fourth-order valence-electron chi connectivity index (χ4n) is 3.50. The number of rotatable bonds is 9. The molecule has 2 aromatic carbocycles. The Balaban J connectivity index is 2.01. The van der Waals surface area contributed by atoms with Gasteiger partial charge in [0.25, 0.3) is 11.5 Å². The van der Waals surface area contributed by atoms with Crippen LogP contribution in [0.2, 0.25) is 0 Å². The number of thioether (sulfide) groups is 1. The Labute approximate surface area is 203 Å². The van der Waals surface area contributed by atoms with Crippen molar-refractivity contribution in [3.05, 3.63) is 69.0 Å². The molecule has 3 rings (SSSR count). The zero-order valence-electron chi connectivity index (χ0n) is 20.5. The third kappa shape index (κ3) is 5.74. The van der Waals surface area contributed by atoms with Gasteiger partial charge in [-0.1, -0.05) is 23.9 Å². The van der Waals surface area contributed by atoms with Crippen molar-refractivity contribution in [1.29, 1.82) is 0 Å². The van der Waals surface area contributed by atoms with Crippen LogP contribution in [0.15, 0.2) is 46.3 Å². The summed E-state index contributed by atoms with van der Waals surface area (Å²) in [6.07, 6.45) is 0. The highest BCUT2D eigenvalue weighted by Crippen LogP contribution is 2.26. The maximum absolute atomic E-state index is 13.3. The van der Waals surface area contributed by atoms with E-state index in [9.17, 15) is 14.4 Å². The van der Waals surface area contributed by atoms with E-state index in [0.717, 1.165) is 11.1 Å². The van der Waals surface area contributed by atoms with Crippen LogP contribution in [-0.4, -0.2) is 46.2 Å². The number of carbonyl (C=O) groups is 2. The van der Waals surface area contributed by atoms with Crippen molar-refractivity contribution in [2.24, 2.45) is 0 Å². The van der Waals surface area contributed by atoms with Crippen molar-refractivity contribution < 1.29 is 14.3 Å². The highest BCUT2D eigenvalue weighted by atomic mass is 32.2. The van der Waals surface area contributed by atoms with Crippen molar-refractivity contribution in [1.82, 2.24) is 14.9 Å². The molecule has 3 aromatic rings. The molecule has 0 aliphatic carbocycles. The van der Waals surface area contributed by atoms with Crippen LogP contribution in [0, 0.1) is 13.8 Å². The molecule has 8 heteroatoms. The highest BCUT2D eigenvalue weighted by Gasteiger charge is 2.21. The molecular formula is C26H31N3O4S. The van der Waals surface area contributed by atoms with Crippen molar-refractivity contribution in [3.8, 4) is 0 Å². The average molecular weight is 482 g/mol. The number of Topliss-reactive ketones (excluding diaryl/α,β-unsaturated/α-hetero) is 1. The quantitative estimate of drug-likeness (QED) is 0.280. The fraction of sp³-hybridized carbons (Fsp3) is 0.385. The second-order valence-electron chi connectivity index (χ2n) is 8.63. The number of aryl methyl sites for hydroxylation is 2. The van der Waals surface area contributed by atoms with E-state index in [1.165, 1.54) is 16.3 Å². The zero-order chi connectivity index (χ0) is 25.0. The van der Waals surface area contributed by atoms with Crippen LogP contribution in [-0.2, 0) is 11.3 Å². The number of nitrogens with zero attached hydrogens (tertiary/aromatic N) is 2. The molecule has 0 bridgehead atoms. The van der Waals surface area contributed by atoms with Gasteiger partial charge in [0.05, 0.1) is 29.3 Å². The van der Waals surface area contributed by atoms with E-state index in [0.29, 0.717) is 40.3 Å². The molecule has 1 heterocycles. The molecule has 0 saturated carbocycles. The molecule has 0 aliphatic heterocycles. The number of nitrogens with one attached hydrogen (secondary N) is 1. The minimum absolute atomic E-state index is 0.0124. The molecule has 0 fully saturated rings. The molecule has 34 heavy (non-hydrogen) atoms. The van der Waals surface area contributed by atoms with Crippen molar-refractivity contribution in [3.63, 3.8) is 0 Å². The Morgan fingerprint density at radius 1 is 1.06 bits per heavy atom. The van der Waals surface area contributed by atoms with Gasteiger partial charge in [-0.3, -0.25) is 19.0 Å². The predicted octanol–water partition coefficient (Wildman–Crippen LogP) is 4.16. The molecule has 0 aliphatic rings. The average Bonchev–Trinajstić information content (AvgIpc) is 2.79. The third-order valence-corrected chi connectivity index (χ3v) is 6.65. The lowest BCUT2D eigenvalue weighted by Gasteiger charge is -2.16. The Bertz CT molecular complexity index is 1280. The van der Waals surface area contributed by atoms with Crippen LogP contribution in [0.3, 0.4) is 0 Å². The van der Waals surface area contributed by atoms with Crippen LogP contribution in [0.1, 0.15) is 52.6 Å². The number of fused-ring (bicyclic) bond motifs is 1. The Kier molecular flexibility index (Phi) is 8.28. The van der Waals surface area contributed by atoms with Gasteiger partial charge in [-0.15, -0.1) is 0 Å². The number of hydrogen-bond acceptors (Lipinski definition) is 6. The van der Waals surface area contributed by atoms with Crippen LogP contribution >= 0.6 is 11.8 Å². The largest absolute Gasteiger partial charge is 0.383 e. The van der Waals surface area contributed by atoms with Gasteiger partial charge in [-0.2, -0.15) is 0 Å². The predicted molar refractivity (Wildman–Crippen MR) is 136 cm³/mol. The van der Waals surface area contributed by atoms with E-state index in [2.05, 4.69) is 5.32 Å². The maximum Gasteiger partial charge on any atom is 0.262 e. The Hall–Kier alpha value is -2.97. The first-order valence-corrected chi connectivity index (χ1v) is 12.1. The van der Waals surface area contributed by atoms with Gasteiger partial charge in [-0.05, 0) is 70.0 Å². The summed E-state index contributed by atoms with van der Waals surface area (Å²) >= 11 is 1.23. The number of ketones is 1.